The Labute approximate surface area is 239 Å². The number of carbonyl (C=O) groups is 1. The number of morpholine rings is 1. The molecule has 4 aromatic rings. The van der Waals surface area contributed by atoms with Gasteiger partial charge >= 0.3 is 6.09 Å². The van der Waals surface area contributed by atoms with E-state index >= 15 is 0 Å². The first-order chi connectivity index (χ1) is 20.1. The van der Waals surface area contributed by atoms with Crippen molar-refractivity contribution in [3.63, 3.8) is 0 Å². The fourth-order valence-electron chi connectivity index (χ4n) is 6.67. The Morgan fingerprint density at radius 1 is 0.902 bits per heavy atom. The number of hydrogen-bond donors (Lipinski definition) is 1. The first-order valence-corrected chi connectivity index (χ1v) is 14.1. The quantitative estimate of drug-likeness (QED) is 0.335. The smallest absolute Gasteiger partial charge is 0.410 e. The number of piperidine rings is 1. The Hall–Kier alpha value is -4.20. The third-order valence-electron chi connectivity index (χ3n) is 8.60. The number of aliphatic hydroxyl groups is 1. The van der Waals surface area contributed by atoms with Crippen LogP contribution in [-0.2, 0) is 21.7 Å². The Morgan fingerprint density at radius 3 is 2.22 bits per heavy atom. The van der Waals surface area contributed by atoms with Crippen molar-refractivity contribution >= 4 is 6.09 Å². The molecular formula is C34H32N2O5. The maximum atomic E-state index is 13.5. The van der Waals surface area contributed by atoms with Crippen molar-refractivity contribution in [2.24, 2.45) is 0 Å². The van der Waals surface area contributed by atoms with Gasteiger partial charge in [0.05, 0.1) is 37.1 Å². The molecule has 1 aliphatic carbocycles. The van der Waals surface area contributed by atoms with Gasteiger partial charge in [-0.1, -0.05) is 78.9 Å². The van der Waals surface area contributed by atoms with Crippen molar-refractivity contribution in [3.8, 4) is 16.9 Å². The third-order valence-corrected chi connectivity index (χ3v) is 8.60. The summed E-state index contributed by atoms with van der Waals surface area (Å²) in [5, 5.41) is 11.8. The first-order valence-electron chi connectivity index (χ1n) is 14.1. The molecule has 2 unspecified atom stereocenters. The van der Waals surface area contributed by atoms with Crippen LogP contribution in [0.5, 0.6) is 5.75 Å². The summed E-state index contributed by atoms with van der Waals surface area (Å²) in [7, 11) is 0. The summed E-state index contributed by atoms with van der Waals surface area (Å²) in [4.78, 5) is 19.7. The molecule has 2 aliphatic heterocycles. The van der Waals surface area contributed by atoms with Crippen LogP contribution in [0.2, 0.25) is 0 Å². The van der Waals surface area contributed by atoms with Crippen molar-refractivity contribution in [2.75, 3.05) is 19.8 Å². The fourth-order valence-corrected chi connectivity index (χ4v) is 6.67. The predicted octanol–water partition coefficient (Wildman–Crippen LogP) is 5.66. The van der Waals surface area contributed by atoms with Gasteiger partial charge in [0.25, 0.3) is 0 Å². The van der Waals surface area contributed by atoms with Crippen molar-refractivity contribution in [1.82, 2.24) is 9.88 Å². The molecule has 2 saturated heterocycles. The van der Waals surface area contributed by atoms with Crippen LogP contribution in [-0.4, -0.2) is 53.0 Å². The molecule has 2 fully saturated rings. The highest BCUT2D eigenvalue weighted by Gasteiger charge is 2.50. The zero-order valence-electron chi connectivity index (χ0n) is 22.7. The van der Waals surface area contributed by atoms with Crippen molar-refractivity contribution in [3.05, 3.63) is 120 Å². The van der Waals surface area contributed by atoms with Gasteiger partial charge in [0, 0.05) is 30.5 Å². The minimum absolute atomic E-state index is 0.00568. The topological polar surface area (TPSA) is 81.1 Å². The van der Waals surface area contributed by atoms with E-state index in [-0.39, 0.29) is 30.7 Å². The second-order valence-electron chi connectivity index (χ2n) is 11.2. The van der Waals surface area contributed by atoms with E-state index in [1.165, 1.54) is 22.3 Å². The first kappa shape index (κ1) is 25.7. The molecule has 7 heteroatoms. The lowest BCUT2D eigenvalue weighted by Gasteiger charge is -2.50. The molecule has 0 radical (unpaired) electrons. The normalized spacial score (nSPS) is 23.0. The van der Waals surface area contributed by atoms with Gasteiger partial charge in [0.2, 0.25) is 0 Å². The number of carbonyl (C=O) groups excluding carboxylic acids is 1. The average molecular weight is 549 g/mol. The van der Waals surface area contributed by atoms with Crippen LogP contribution in [0, 0.1) is 0 Å². The number of benzene rings is 3. The molecule has 2 bridgehead atoms. The molecule has 7 nitrogen and oxygen atoms in total. The maximum absolute atomic E-state index is 13.5. The minimum Gasteiger partial charge on any atom is -0.487 e. The van der Waals surface area contributed by atoms with Crippen LogP contribution < -0.4 is 4.74 Å². The van der Waals surface area contributed by atoms with E-state index in [2.05, 4.69) is 29.2 Å². The molecule has 2 atom stereocenters. The Bertz CT molecular complexity index is 1500. The molecule has 1 N–H and O–H groups in total. The molecule has 3 heterocycles. The van der Waals surface area contributed by atoms with Gasteiger partial charge in [-0.25, -0.2) is 4.79 Å². The van der Waals surface area contributed by atoms with Crippen LogP contribution in [0.1, 0.15) is 41.0 Å². The number of pyridine rings is 1. The van der Waals surface area contributed by atoms with Gasteiger partial charge in [0.1, 0.15) is 19.0 Å². The third kappa shape index (κ3) is 4.85. The fraction of sp³-hybridized carbons (Fsp3) is 0.294. The lowest BCUT2D eigenvalue weighted by atomic mass is 9.77. The second kappa shape index (κ2) is 10.7. The maximum Gasteiger partial charge on any atom is 0.410 e. The number of amides is 1. The van der Waals surface area contributed by atoms with E-state index in [0.29, 0.717) is 44.0 Å². The van der Waals surface area contributed by atoms with Crippen LogP contribution in [0.3, 0.4) is 0 Å². The molecule has 3 aromatic carbocycles. The summed E-state index contributed by atoms with van der Waals surface area (Å²) < 4.78 is 17.8. The van der Waals surface area contributed by atoms with Crippen molar-refractivity contribution in [1.29, 1.82) is 0 Å². The lowest BCUT2D eigenvalue weighted by molar-refractivity contribution is -0.136. The number of ether oxygens (including phenoxy) is 3. The van der Waals surface area contributed by atoms with E-state index in [4.69, 9.17) is 14.2 Å². The van der Waals surface area contributed by atoms with Crippen molar-refractivity contribution < 1.29 is 24.1 Å². The van der Waals surface area contributed by atoms with E-state index in [0.717, 1.165) is 5.56 Å². The average Bonchev–Trinajstić information content (AvgIpc) is 3.33. The minimum atomic E-state index is -1.15. The second-order valence-corrected chi connectivity index (χ2v) is 11.2. The number of fused-ring (bicyclic) bond motifs is 5. The number of rotatable bonds is 6. The van der Waals surface area contributed by atoms with Gasteiger partial charge in [-0.05, 0) is 33.9 Å². The van der Waals surface area contributed by atoms with Gasteiger partial charge in [-0.15, -0.1) is 0 Å². The molecule has 208 valence electrons. The summed E-state index contributed by atoms with van der Waals surface area (Å²) in [6.45, 7) is 1.37. The Balaban J connectivity index is 1.05. The van der Waals surface area contributed by atoms with E-state index in [1.807, 2.05) is 60.7 Å². The highest BCUT2D eigenvalue weighted by Crippen LogP contribution is 2.45. The molecule has 0 saturated carbocycles. The summed E-state index contributed by atoms with van der Waals surface area (Å²) in [5.41, 5.74) is 5.34. The summed E-state index contributed by atoms with van der Waals surface area (Å²) >= 11 is 0. The number of nitrogens with zero attached hydrogens (tertiary/aromatic N) is 2. The zero-order valence-corrected chi connectivity index (χ0v) is 22.7. The van der Waals surface area contributed by atoms with Crippen LogP contribution in [0.4, 0.5) is 4.79 Å². The molecule has 3 aliphatic rings. The van der Waals surface area contributed by atoms with E-state index in [9.17, 15) is 9.90 Å². The summed E-state index contributed by atoms with van der Waals surface area (Å²) in [6, 6.07) is 27.8. The zero-order chi connectivity index (χ0) is 27.8. The molecule has 7 rings (SSSR count). The lowest BCUT2D eigenvalue weighted by Crippen LogP contribution is -2.62. The van der Waals surface area contributed by atoms with Gasteiger partial charge in [-0.3, -0.25) is 9.88 Å². The SMILES string of the molecule is O=C(OCC1c2ccccc2-c2ccccc21)N1C2COCC1CC(O)(c1cncc(OCc3ccccc3)c1)C2. The molecule has 1 aromatic heterocycles. The molecular weight excluding hydrogens is 516 g/mol. The molecule has 41 heavy (non-hydrogen) atoms. The molecule has 1 amide bonds. The largest absolute Gasteiger partial charge is 0.487 e. The highest BCUT2D eigenvalue weighted by molar-refractivity contribution is 5.79. The van der Waals surface area contributed by atoms with Crippen LogP contribution in [0.25, 0.3) is 11.1 Å². The summed E-state index contributed by atoms with van der Waals surface area (Å²) in [5.74, 6) is 0.592. The van der Waals surface area contributed by atoms with Crippen molar-refractivity contribution in [2.45, 2.75) is 43.1 Å². The monoisotopic (exact) mass is 548 g/mol. The van der Waals surface area contributed by atoms with Crippen LogP contribution in [0.15, 0.2) is 97.3 Å². The van der Waals surface area contributed by atoms with E-state index < -0.39 is 5.60 Å². The number of hydrogen-bond acceptors (Lipinski definition) is 6. The van der Waals surface area contributed by atoms with Gasteiger partial charge in [0.15, 0.2) is 0 Å². The molecule has 0 spiro atoms. The predicted molar refractivity (Wildman–Crippen MR) is 153 cm³/mol. The van der Waals surface area contributed by atoms with Gasteiger partial charge < -0.3 is 19.3 Å². The van der Waals surface area contributed by atoms with Crippen LogP contribution >= 0.6 is 0 Å². The van der Waals surface area contributed by atoms with Gasteiger partial charge in [-0.2, -0.15) is 0 Å². The Kier molecular flexibility index (Phi) is 6.69. The summed E-state index contributed by atoms with van der Waals surface area (Å²) in [6.07, 6.45) is 3.65. The standard InChI is InChI=1S/C34H32N2O5/c37-33(41-22-32-30-12-6-4-10-28(30)29-11-5-7-13-31(29)32)36-25-15-34(38,16-26(36)21-39-20-25)24-14-27(18-35-17-24)40-19-23-8-2-1-3-9-23/h1-14,17-18,25-26,32,38H,15-16,19-22H2. The number of aromatic nitrogens is 1. The van der Waals surface area contributed by atoms with E-state index in [1.54, 1.807) is 17.3 Å². The highest BCUT2D eigenvalue weighted by atomic mass is 16.6. The Morgan fingerprint density at radius 2 is 1.54 bits per heavy atom.